The quantitative estimate of drug-likeness (QED) is 0.615. The largest absolute Gasteiger partial charge is 0.353 e. The van der Waals surface area contributed by atoms with Gasteiger partial charge in [0, 0.05) is 12.0 Å². The van der Waals surface area contributed by atoms with Crippen molar-refractivity contribution in [3.05, 3.63) is 0 Å². The van der Waals surface area contributed by atoms with Crippen molar-refractivity contribution < 1.29 is 4.79 Å². The molecule has 1 aliphatic rings. The van der Waals surface area contributed by atoms with Crippen LogP contribution in [0.4, 0.5) is 0 Å². The second-order valence-electron chi connectivity index (χ2n) is 7.54. The molecule has 1 N–H and O–H groups in total. The first-order chi connectivity index (χ1) is 9.99. The van der Waals surface area contributed by atoms with Gasteiger partial charge in [-0.3, -0.25) is 4.79 Å². The highest BCUT2D eigenvalue weighted by Gasteiger charge is 2.35. The number of nitrogens with one attached hydrogen (secondary N) is 1. The third kappa shape index (κ3) is 6.00. The van der Waals surface area contributed by atoms with Gasteiger partial charge in [0.1, 0.15) is 0 Å². The highest BCUT2D eigenvalue weighted by atomic mass is 16.2. The van der Waals surface area contributed by atoms with Gasteiger partial charge in [0.15, 0.2) is 0 Å². The number of unbranched alkanes of at least 4 members (excludes halogenated alkanes) is 2. The summed E-state index contributed by atoms with van der Waals surface area (Å²) in [5.74, 6) is 2.48. The predicted molar refractivity (Wildman–Crippen MR) is 91.2 cm³/mol. The highest BCUT2D eigenvalue weighted by molar-refractivity contribution is 5.79. The molecule has 124 valence electrons. The number of amides is 1. The van der Waals surface area contributed by atoms with E-state index >= 15 is 0 Å². The van der Waals surface area contributed by atoms with E-state index in [0.717, 1.165) is 19.3 Å². The van der Waals surface area contributed by atoms with Crippen LogP contribution in [0.3, 0.4) is 0 Å². The molecule has 0 radical (unpaired) electrons. The van der Waals surface area contributed by atoms with Crippen LogP contribution in [0.2, 0.25) is 0 Å². The van der Waals surface area contributed by atoms with Gasteiger partial charge >= 0.3 is 0 Å². The first-order valence-electron chi connectivity index (χ1n) is 9.29. The molecule has 0 saturated heterocycles. The van der Waals surface area contributed by atoms with Gasteiger partial charge in [-0.15, -0.1) is 0 Å². The standard InChI is InChI=1S/C19H37NO/c1-6-8-9-10-16(7-2)20-19(21)18-13-15(5)11-12-17(18)14(3)4/h14-18H,6-13H2,1-5H3,(H,20,21). The highest BCUT2D eigenvalue weighted by Crippen LogP contribution is 2.38. The summed E-state index contributed by atoms with van der Waals surface area (Å²) in [6, 6.07) is 0.383. The molecular weight excluding hydrogens is 258 g/mol. The minimum atomic E-state index is 0.244. The van der Waals surface area contributed by atoms with E-state index < -0.39 is 0 Å². The Bertz CT molecular complexity index is 300. The Hall–Kier alpha value is -0.530. The Balaban J connectivity index is 2.56. The molecule has 0 aliphatic heterocycles. The fraction of sp³-hybridized carbons (Fsp3) is 0.947. The number of hydrogen-bond donors (Lipinski definition) is 1. The third-order valence-electron chi connectivity index (χ3n) is 5.35. The molecule has 1 saturated carbocycles. The molecule has 0 aromatic rings. The molecule has 1 rings (SSSR count). The molecule has 4 atom stereocenters. The lowest BCUT2D eigenvalue weighted by molar-refractivity contribution is -0.130. The van der Waals surface area contributed by atoms with E-state index in [4.69, 9.17) is 0 Å². The second-order valence-corrected chi connectivity index (χ2v) is 7.54. The van der Waals surface area contributed by atoms with Crippen LogP contribution in [0.15, 0.2) is 0 Å². The van der Waals surface area contributed by atoms with Gasteiger partial charge in [-0.25, -0.2) is 0 Å². The Morgan fingerprint density at radius 3 is 2.48 bits per heavy atom. The van der Waals surface area contributed by atoms with Crippen molar-refractivity contribution >= 4 is 5.91 Å². The molecule has 0 heterocycles. The van der Waals surface area contributed by atoms with Crippen molar-refractivity contribution in [3.63, 3.8) is 0 Å². The summed E-state index contributed by atoms with van der Waals surface area (Å²) >= 11 is 0. The first kappa shape index (κ1) is 18.5. The zero-order valence-electron chi connectivity index (χ0n) is 15.0. The van der Waals surface area contributed by atoms with Gasteiger partial charge in [-0.2, -0.15) is 0 Å². The van der Waals surface area contributed by atoms with Crippen molar-refractivity contribution in [2.24, 2.45) is 23.7 Å². The van der Waals surface area contributed by atoms with Gasteiger partial charge in [-0.1, -0.05) is 60.3 Å². The van der Waals surface area contributed by atoms with Crippen molar-refractivity contribution in [3.8, 4) is 0 Å². The van der Waals surface area contributed by atoms with Crippen LogP contribution in [0, 0.1) is 23.7 Å². The Kier molecular flexibility index (Phi) is 8.36. The molecular formula is C19H37NO. The molecule has 2 nitrogen and oxygen atoms in total. The number of carbonyl (C=O) groups is 1. The van der Waals surface area contributed by atoms with Gasteiger partial charge < -0.3 is 5.32 Å². The lowest BCUT2D eigenvalue weighted by Gasteiger charge is -2.37. The van der Waals surface area contributed by atoms with E-state index in [1.165, 1.54) is 32.1 Å². The molecule has 0 bridgehead atoms. The summed E-state index contributed by atoms with van der Waals surface area (Å²) < 4.78 is 0. The van der Waals surface area contributed by atoms with E-state index in [9.17, 15) is 4.79 Å². The smallest absolute Gasteiger partial charge is 0.223 e. The molecule has 1 fully saturated rings. The summed E-state index contributed by atoms with van der Waals surface area (Å²) in [5, 5.41) is 3.36. The maximum atomic E-state index is 12.7. The minimum Gasteiger partial charge on any atom is -0.353 e. The van der Waals surface area contributed by atoms with Crippen LogP contribution in [0.5, 0.6) is 0 Å². The van der Waals surface area contributed by atoms with Crippen LogP contribution >= 0.6 is 0 Å². The van der Waals surface area contributed by atoms with Crippen LogP contribution in [0.1, 0.15) is 86.0 Å². The maximum Gasteiger partial charge on any atom is 0.223 e. The average Bonchev–Trinajstić information content (AvgIpc) is 2.45. The molecule has 4 unspecified atom stereocenters. The van der Waals surface area contributed by atoms with Crippen molar-refractivity contribution in [1.29, 1.82) is 0 Å². The normalized spacial score (nSPS) is 27.6. The van der Waals surface area contributed by atoms with Crippen molar-refractivity contribution in [1.82, 2.24) is 5.32 Å². The van der Waals surface area contributed by atoms with Crippen LogP contribution < -0.4 is 5.32 Å². The molecule has 1 amide bonds. The average molecular weight is 296 g/mol. The first-order valence-corrected chi connectivity index (χ1v) is 9.29. The van der Waals surface area contributed by atoms with Gasteiger partial charge in [-0.05, 0) is 43.4 Å². The molecule has 0 aromatic carbocycles. The van der Waals surface area contributed by atoms with E-state index in [0.29, 0.717) is 29.7 Å². The fourth-order valence-corrected chi connectivity index (χ4v) is 3.83. The van der Waals surface area contributed by atoms with Gasteiger partial charge in [0.25, 0.3) is 0 Å². The lowest BCUT2D eigenvalue weighted by atomic mass is 9.69. The topological polar surface area (TPSA) is 29.1 Å². The third-order valence-corrected chi connectivity index (χ3v) is 5.35. The predicted octanol–water partition coefficient (Wildman–Crippen LogP) is 5.17. The summed E-state index contributed by atoms with van der Waals surface area (Å²) in [6.07, 6.45) is 9.57. The molecule has 0 aromatic heterocycles. The maximum absolute atomic E-state index is 12.7. The summed E-state index contributed by atoms with van der Waals surface area (Å²) in [7, 11) is 0. The Morgan fingerprint density at radius 1 is 1.19 bits per heavy atom. The van der Waals surface area contributed by atoms with Crippen LogP contribution in [-0.2, 0) is 4.79 Å². The summed E-state index contributed by atoms with van der Waals surface area (Å²) in [4.78, 5) is 12.7. The lowest BCUT2D eigenvalue weighted by Crippen LogP contribution is -2.44. The van der Waals surface area contributed by atoms with E-state index in [1.807, 2.05) is 0 Å². The Labute approximate surface area is 132 Å². The zero-order chi connectivity index (χ0) is 15.8. The molecule has 21 heavy (non-hydrogen) atoms. The van der Waals surface area contributed by atoms with Crippen molar-refractivity contribution in [2.45, 2.75) is 92.0 Å². The number of carbonyl (C=O) groups excluding carboxylic acids is 1. The fourth-order valence-electron chi connectivity index (χ4n) is 3.83. The number of rotatable bonds is 8. The van der Waals surface area contributed by atoms with Crippen LogP contribution in [-0.4, -0.2) is 11.9 Å². The van der Waals surface area contributed by atoms with Crippen LogP contribution in [0.25, 0.3) is 0 Å². The van der Waals surface area contributed by atoms with E-state index in [-0.39, 0.29) is 5.92 Å². The number of hydrogen-bond acceptors (Lipinski definition) is 1. The van der Waals surface area contributed by atoms with Gasteiger partial charge in [0.05, 0.1) is 0 Å². The zero-order valence-corrected chi connectivity index (χ0v) is 15.0. The monoisotopic (exact) mass is 295 g/mol. The molecule has 1 aliphatic carbocycles. The summed E-state index contributed by atoms with van der Waals surface area (Å²) in [5.41, 5.74) is 0. The Morgan fingerprint density at radius 2 is 1.90 bits per heavy atom. The van der Waals surface area contributed by atoms with Crippen molar-refractivity contribution in [2.75, 3.05) is 0 Å². The van der Waals surface area contributed by atoms with E-state index in [1.54, 1.807) is 0 Å². The SMILES string of the molecule is CCCCCC(CC)NC(=O)C1CC(C)CCC1C(C)C. The minimum absolute atomic E-state index is 0.244. The second kappa shape index (κ2) is 9.48. The molecule has 0 spiro atoms. The van der Waals surface area contributed by atoms with Gasteiger partial charge in [0.2, 0.25) is 5.91 Å². The van der Waals surface area contributed by atoms with E-state index in [2.05, 4.69) is 39.9 Å². The summed E-state index contributed by atoms with van der Waals surface area (Å²) in [6.45, 7) is 11.3. The molecule has 2 heteroatoms.